The van der Waals surface area contributed by atoms with Crippen LogP contribution in [0.1, 0.15) is 48.3 Å². The fourth-order valence-corrected chi connectivity index (χ4v) is 11.4. The molecule has 6 atom stereocenters. The molecule has 2 aliphatic carbocycles. The highest BCUT2D eigenvalue weighted by molar-refractivity contribution is 6.32. The van der Waals surface area contributed by atoms with Crippen molar-refractivity contribution in [1.29, 1.82) is 0 Å². The zero-order chi connectivity index (χ0) is 39.0. The Morgan fingerprint density at radius 1 is 0.737 bits per heavy atom. The van der Waals surface area contributed by atoms with Gasteiger partial charge in [-0.05, 0) is 77.8 Å². The van der Waals surface area contributed by atoms with E-state index < -0.39 is 40.9 Å². The molecule has 3 heterocycles. The summed E-state index contributed by atoms with van der Waals surface area (Å²) < 4.78 is 0. The maximum absolute atomic E-state index is 15.7. The van der Waals surface area contributed by atoms with E-state index in [-0.39, 0.29) is 35.9 Å². The molecule has 57 heavy (non-hydrogen) atoms. The van der Waals surface area contributed by atoms with Gasteiger partial charge in [-0.3, -0.25) is 29.0 Å². The highest BCUT2D eigenvalue weighted by atomic mass is 35.5. The van der Waals surface area contributed by atoms with Crippen molar-refractivity contribution in [3.8, 4) is 5.75 Å². The lowest BCUT2D eigenvalue weighted by Gasteiger charge is -2.51. The summed E-state index contributed by atoms with van der Waals surface area (Å²) >= 11 is 6.48. The molecule has 0 spiro atoms. The Morgan fingerprint density at radius 2 is 1.46 bits per heavy atom. The molecule has 4 amide bonds. The maximum atomic E-state index is 15.7. The van der Waals surface area contributed by atoms with Crippen LogP contribution >= 0.6 is 11.6 Å². The van der Waals surface area contributed by atoms with Crippen LogP contribution in [0, 0.1) is 23.7 Å². The minimum atomic E-state index is -1.48. The van der Waals surface area contributed by atoms with Crippen LogP contribution in [0.5, 0.6) is 5.75 Å². The Balaban J connectivity index is 1.10. The van der Waals surface area contributed by atoms with Crippen LogP contribution in [0.4, 0.5) is 5.69 Å². The van der Waals surface area contributed by atoms with Crippen LogP contribution < -0.4 is 4.90 Å². The summed E-state index contributed by atoms with van der Waals surface area (Å²) in [5, 5.41) is 14.1. The first-order valence-corrected chi connectivity index (χ1v) is 20.4. The number of amides is 4. The molecule has 0 radical (unpaired) electrons. The van der Waals surface area contributed by atoms with Crippen molar-refractivity contribution in [2.45, 2.75) is 49.6 Å². The summed E-state index contributed by atoms with van der Waals surface area (Å²) in [6.07, 6.45) is 4.00. The van der Waals surface area contributed by atoms with Crippen molar-refractivity contribution in [2.24, 2.45) is 23.7 Å². The summed E-state index contributed by atoms with van der Waals surface area (Å²) in [4.78, 5) is 65.4. The van der Waals surface area contributed by atoms with E-state index in [9.17, 15) is 14.7 Å². The minimum Gasteiger partial charge on any atom is -0.508 e. The SMILES string of the molecule is O=C1[C@@H]2C[C@@H]3C(=CC[C@@H]4C(=O)N(C5CCN(Cc6ccccc6)CC5)C(=O)[C@@H]43)[C@H](c3c(O)ccc4ccccc34)[C@]2(c2ccccc2)C(=O)N1c1cccc(Cl)c1. The van der Waals surface area contributed by atoms with Crippen LogP contribution in [0.25, 0.3) is 10.8 Å². The number of carbonyl (C=O) groups excluding carboxylic acids is 4. The van der Waals surface area contributed by atoms with Crippen LogP contribution in [-0.2, 0) is 31.1 Å². The van der Waals surface area contributed by atoms with E-state index in [1.165, 1.54) is 10.5 Å². The molecule has 10 rings (SSSR count). The van der Waals surface area contributed by atoms with Gasteiger partial charge in [-0.15, -0.1) is 0 Å². The van der Waals surface area contributed by atoms with Crippen LogP contribution in [-0.4, -0.2) is 57.7 Å². The molecule has 0 aromatic heterocycles. The molecule has 3 aliphatic heterocycles. The number of carbonyl (C=O) groups is 4. The zero-order valence-electron chi connectivity index (χ0n) is 31.3. The summed E-state index contributed by atoms with van der Waals surface area (Å²) in [5.41, 5.74) is 2.17. The molecule has 1 saturated carbocycles. The summed E-state index contributed by atoms with van der Waals surface area (Å²) in [6.45, 7) is 2.37. The van der Waals surface area contributed by atoms with Crippen LogP contribution in [0.3, 0.4) is 0 Å². The van der Waals surface area contributed by atoms with E-state index in [1.807, 2.05) is 78.9 Å². The number of phenolic OH excluding ortho intramolecular Hbond substituents is 1. The van der Waals surface area contributed by atoms with E-state index in [0.717, 1.165) is 36.0 Å². The molecule has 9 heteroatoms. The van der Waals surface area contributed by atoms with Gasteiger partial charge >= 0.3 is 0 Å². The van der Waals surface area contributed by atoms with Crippen molar-refractivity contribution in [1.82, 2.24) is 9.80 Å². The topological polar surface area (TPSA) is 98.2 Å². The number of imide groups is 2. The van der Waals surface area contributed by atoms with Gasteiger partial charge < -0.3 is 5.11 Å². The van der Waals surface area contributed by atoms with Crippen molar-refractivity contribution in [3.05, 3.63) is 155 Å². The predicted molar refractivity (Wildman–Crippen MR) is 218 cm³/mol. The Labute approximate surface area is 336 Å². The first-order valence-electron chi connectivity index (χ1n) is 20.0. The Kier molecular flexibility index (Phi) is 8.68. The van der Waals surface area contributed by atoms with E-state index in [0.29, 0.717) is 41.1 Å². The van der Waals surface area contributed by atoms with Gasteiger partial charge in [0.25, 0.3) is 0 Å². The van der Waals surface area contributed by atoms with Gasteiger partial charge in [-0.25, -0.2) is 4.90 Å². The fraction of sp³-hybridized carbons (Fsp3) is 0.292. The Bertz CT molecular complexity index is 2480. The lowest BCUT2D eigenvalue weighted by atomic mass is 9.48. The second-order valence-corrected chi connectivity index (χ2v) is 16.8. The number of aromatic hydroxyl groups is 1. The van der Waals surface area contributed by atoms with Gasteiger partial charge in [0.2, 0.25) is 23.6 Å². The number of anilines is 1. The number of halogens is 1. The molecule has 286 valence electrons. The summed E-state index contributed by atoms with van der Waals surface area (Å²) in [6, 6.07) is 37.6. The lowest BCUT2D eigenvalue weighted by molar-refractivity contribution is -0.144. The second-order valence-electron chi connectivity index (χ2n) is 16.4. The van der Waals surface area contributed by atoms with E-state index >= 15 is 9.59 Å². The van der Waals surface area contributed by atoms with Gasteiger partial charge in [0, 0.05) is 42.2 Å². The third kappa shape index (κ3) is 5.44. The van der Waals surface area contributed by atoms with Gasteiger partial charge in [0.05, 0.1) is 28.9 Å². The van der Waals surface area contributed by atoms with Crippen LogP contribution in [0.2, 0.25) is 5.02 Å². The number of benzene rings is 5. The standard InChI is InChI=1S/C48H42ClN3O5/c49-32-15-9-16-34(26-32)52-45(55)39-27-38-36(19-20-37-41(38)46(56)51(44(37)54)33-22-24-50(25-23-33)28-29-10-3-1-4-11-29)43(48(39,47(52)57)31-13-5-2-6-14-31)42-35-17-8-7-12-30(35)18-21-40(42)53/h1-19,21,26,33,37-39,41,43,53H,20,22-25,27-28H2/t37-,38+,39-,41-,43+,48+/m0/s1. The average molecular weight is 776 g/mol. The average Bonchev–Trinajstić information content (AvgIpc) is 3.62. The largest absolute Gasteiger partial charge is 0.508 e. The molecule has 0 unspecified atom stereocenters. The quantitative estimate of drug-likeness (QED) is 0.139. The van der Waals surface area contributed by atoms with E-state index in [2.05, 4.69) is 23.1 Å². The predicted octanol–water partition coefficient (Wildman–Crippen LogP) is 8.03. The maximum Gasteiger partial charge on any atom is 0.246 e. The Morgan fingerprint density at radius 3 is 2.21 bits per heavy atom. The number of nitrogens with zero attached hydrogens (tertiary/aromatic N) is 3. The summed E-state index contributed by atoms with van der Waals surface area (Å²) in [5.74, 6) is -4.57. The molecule has 8 nitrogen and oxygen atoms in total. The molecule has 4 fully saturated rings. The fourth-order valence-electron chi connectivity index (χ4n) is 11.2. The number of piperidine rings is 1. The number of hydrogen-bond acceptors (Lipinski definition) is 6. The first-order chi connectivity index (χ1) is 27.8. The molecular weight excluding hydrogens is 734 g/mol. The molecule has 5 aliphatic rings. The van der Waals surface area contributed by atoms with Gasteiger partial charge in [-0.2, -0.15) is 0 Å². The molecular formula is C48H42ClN3O5. The second kappa shape index (κ2) is 13.8. The third-order valence-corrected chi connectivity index (χ3v) is 13.8. The number of rotatable bonds is 6. The van der Waals surface area contributed by atoms with Gasteiger partial charge in [0.1, 0.15) is 5.75 Å². The van der Waals surface area contributed by atoms with Crippen molar-refractivity contribution >= 4 is 51.7 Å². The number of allylic oxidation sites excluding steroid dienone is 2. The molecule has 3 saturated heterocycles. The molecule has 5 aromatic carbocycles. The number of phenols is 1. The number of hydrogen-bond donors (Lipinski definition) is 1. The van der Waals surface area contributed by atoms with Crippen molar-refractivity contribution in [3.63, 3.8) is 0 Å². The molecule has 1 N–H and O–H groups in total. The van der Waals surface area contributed by atoms with Gasteiger partial charge in [-0.1, -0.05) is 120 Å². The summed E-state index contributed by atoms with van der Waals surface area (Å²) in [7, 11) is 0. The highest BCUT2D eigenvalue weighted by Gasteiger charge is 2.70. The zero-order valence-corrected chi connectivity index (χ0v) is 32.1. The lowest BCUT2D eigenvalue weighted by Crippen LogP contribution is -2.53. The van der Waals surface area contributed by atoms with E-state index in [4.69, 9.17) is 11.6 Å². The molecule has 5 aromatic rings. The smallest absolute Gasteiger partial charge is 0.246 e. The van der Waals surface area contributed by atoms with E-state index in [1.54, 1.807) is 35.2 Å². The number of fused-ring (bicyclic) bond motifs is 5. The third-order valence-electron chi connectivity index (χ3n) is 13.6. The van der Waals surface area contributed by atoms with Crippen molar-refractivity contribution in [2.75, 3.05) is 18.0 Å². The molecule has 0 bridgehead atoms. The first kappa shape index (κ1) is 35.8. The normalized spacial score (nSPS) is 27.7. The minimum absolute atomic E-state index is 0.00981. The monoisotopic (exact) mass is 775 g/mol. The Hall–Kier alpha value is -5.57. The highest BCUT2D eigenvalue weighted by Crippen LogP contribution is 2.66. The number of likely N-dealkylation sites (tertiary alicyclic amines) is 2. The van der Waals surface area contributed by atoms with Gasteiger partial charge in [0.15, 0.2) is 0 Å². The van der Waals surface area contributed by atoms with Crippen LogP contribution in [0.15, 0.2) is 133 Å². The van der Waals surface area contributed by atoms with Crippen molar-refractivity contribution < 1.29 is 24.3 Å².